The van der Waals surface area contributed by atoms with Gasteiger partial charge in [0.1, 0.15) is 0 Å². The van der Waals surface area contributed by atoms with E-state index in [2.05, 4.69) is 23.0 Å². The number of aryl methyl sites for hydroxylation is 2. The molecular formula is C20H21ClN5NaO2. The van der Waals surface area contributed by atoms with E-state index < -0.39 is 5.56 Å². The van der Waals surface area contributed by atoms with Gasteiger partial charge in [-0.2, -0.15) is 5.26 Å². The monoisotopic (exact) mass is 421 g/mol. The Bertz CT molecular complexity index is 1140. The standard InChI is InChI=1S/C20H22ClN5O2.Na/c1-2-3-4-10-25-17-16(23-19(21)24-17)18(27)26(20(25)28)11-6-9-14-7-5-8-15(12-14)13-22;/h5,7-8,12H,2-4,6,9-11H2,1H3,(H,23,24,27);/q;+1/p-1. The molecule has 7 nitrogen and oxygen atoms in total. The second-order valence-corrected chi connectivity index (χ2v) is 7.02. The van der Waals surface area contributed by atoms with Crippen molar-refractivity contribution in [3.8, 4) is 6.07 Å². The minimum atomic E-state index is -0.461. The van der Waals surface area contributed by atoms with Crippen LogP contribution >= 0.6 is 11.6 Å². The Balaban J connectivity index is 0.00000300. The molecule has 0 saturated heterocycles. The number of fused-ring (bicyclic) bond motifs is 1. The SMILES string of the molecule is CCCCCn1c(=O)n(CCCc2cccc(C#N)c2)c(=O)c2[n-]c(Cl)nc21.[Na+]. The van der Waals surface area contributed by atoms with Crippen molar-refractivity contribution < 1.29 is 29.6 Å². The molecule has 0 N–H and O–H groups in total. The van der Waals surface area contributed by atoms with Gasteiger partial charge in [0, 0.05) is 29.5 Å². The zero-order chi connectivity index (χ0) is 20.1. The third kappa shape index (κ3) is 5.40. The molecule has 0 radical (unpaired) electrons. The first kappa shape index (κ1) is 23.4. The van der Waals surface area contributed by atoms with Crippen molar-refractivity contribution in [3.05, 3.63) is 61.5 Å². The smallest absolute Gasteiger partial charge is 0.420 e. The number of nitrogens with zero attached hydrogens (tertiary/aromatic N) is 5. The fourth-order valence-corrected chi connectivity index (χ4v) is 3.41. The van der Waals surface area contributed by atoms with Gasteiger partial charge in [-0.05, 0) is 37.0 Å². The molecule has 2 aromatic heterocycles. The van der Waals surface area contributed by atoms with Crippen LogP contribution in [-0.4, -0.2) is 14.1 Å². The van der Waals surface area contributed by atoms with Gasteiger partial charge < -0.3 is 9.97 Å². The number of aromatic nitrogens is 4. The molecule has 0 atom stereocenters. The van der Waals surface area contributed by atoms with Crippen LogP contribution in [-0.2, 0) is 19.5 Å². The van der Waals surface area contributed by atoms with E-state index in [1.54, 1.807) is 6.07 Å². The Morgan fingerprint density at radius 3 is 2.66 bits per heavy atom. The van der Waals surface area contributed by atoms with Gasteiger partial charge in [-0.25, -0.2) is 4.79 Å². The van der Waals surface area contributed by atoms with E-state index >= 15 is 0 Å². The van der Waals surface area contributed by atoms with Crippen molar-refractivity contribution in [1.82, 2.24) is 19.1 Å². The van der Waals surface area contributed by atoms with Gasteiger partial charge in [0.05, 0.1) is 11.6 Å². The van der Waals surface area contributed by atoms with E-state index in [4.69, 9.17) is 16.9 Å². The van der Waals surface area contributed by atoms with Crippen LogP contribution in [0.5, 0.6) is 0 Å². The van der Waals surface area contributed by atoms with Crippen LogP contribution in [0.2, 0.25) is 5.28 Å². The van der Waals surface area contributed by atoms with Crippen LogP contribution in [0.25, 0.3) is 11.2 Å². The third-order valence-corrected chi connectivity index (χ3v) is 4.84. The Kier molecular flexibility index (Phi) is 8.72. The summed E-state index contributed by atoms with van der Waals surface area (Å²) >= 11 is 5.89. The van der Waals surface area contributed by atoms with Crippen molar-refractivity contribution in [1.29, 1.82) is 5.26 Å². The van der Waals surface area contributed by atoms with Gasteiger partial charge in [-0.3, -0.25) is 13.9 Å². The third-order valence-electron chi connectivity index (χ3n) is 4.67. The van der Waals surface area contributed by atoms with Crippen LogP contribution in [0.15, 0.2) is 33.9 Å². The summed E-state index contributed by atoms with van der Waals surface area (Å²) in [6.07, 6.45) is 4.06. The van der Waals surface area contributed by atoms with E-state index in [-0.39, 0.29) is 58.2 Å². The maximum Gasteiger partial charge on any atom is 1.00 e. The molecule has 0 aliphatic rings. The molecule has 3 rings (SSSR count). The molecule has 0 fully saturated rings. The minimum absolute atomic E-state index is 0. The average Bonchev–Trinajstić information content (AvgIpc) is 3.09. The average molecular weight is 422 g/mol. The quantitative estimate of drug-likeness (QED) is 0.287. The zero-order valence-electron chi connectivity index (χ0n) is 16.7. The summed E-state index contributed by atoms with van der Waals surface area (Å²) in [7, 11) is 0. The number of halogens is 1. The first-order valence-electron chi connectivity index (χ1n) is 9.37. The molecule has 0 amide bonds. The normalized spacial score (nSPS) is 10.7. The number of hydrogen-bond donors (Lipinski definition) is 0. The van der Waals surface area contributed by atoms with Gasteiger partial charge >= 0.3 is 35.2 Å². The number of benzene rings is 1. The first-order chi connectivity index (χ1) is 13.5. The Morgan fingerprint density at radius 1 is 1.17 bits per heavy atom. The molecule has 0 unspecified atom stereocenters. The minimum Gasteiger partial charge on any atom is -0.420 e. The van der Waals surface area contributed by atoms with E-state index in [9.17, 15) is 9.59 Å². The Morgan fingerprint density at radius 2 is 1.93 bits per heavy atom. The summed E-state index contributed by atoms with van der Waals surface area (Å²) in [5, 5.41) is 8.97. The molecule has 0 aliphatic carbocycles. The van der Waals surface area contributed by atoms with E-state index in [0.717, 1.165) is 24.8 Å². The van der Waals surface area contributed by atoms with Gasteiger partial charge in [0.15, 0.2) is 0 Å². The molecule has 3 aromatic rings. The van der Waals surface area contributed by atoms with Gasteiger partial charge in [0.2, 0.25) is 0 Å². The molecule has 9 heteroatoms. The summed E-state index contributed by atoms with van der Waals surface area (Å²) in [6.45, 7) is 2.82. The first-order valence-corrected chi connectivity index (χ1v) is 9.75. The van der Waals surface area contributed by atoms with Crippen molar-refractivity contribution in [2.45, 2.75) is 52.1 Å². The predicted molar refractivity (Wildman–Crippen MR) is 108 cm³/mol. The van der Waals surface area contributed by atoms with Crippen LogP contribution in [0.4, 0.5) is 0 Å². The largest absolute Gasteiger partial charge is 1.00 e. The zero-order valence-corrected chi connectivity index (χ0v) is 19.4. The molecule has 0 saturated carbocycles. The molecule has 0 bridgehead atoms. The molecule has 2 heterocycles. The molecular weight excluding hydrogens is 401 g/mol. The van der Waals surface area contributed by atoms with Crippen LogP contribution in [0.3, 0.4) is 0 Å². The van der Waals surface area contributed by atoms with Gasteiger partial charge in [-0.15, -0.1) is 0 Å². The summed E-state index contributed by atoms with van der Waals surface area (Å²) in [5.74, 6) is 0. The van der Waals surface area contributed by atoms with Gasteiger partial charge in [-0.1, -0.05) is 43.5 Å². The summed E-state index contributed by atoms with van der Waals surface area (Å²) in [5.41, 5.74) is 1.14. The molecule has 0 spiro atoms. The second kappa shape index (κ2) is 10.8. The molecule has 29 heavy (non-hydrogen) atoms. The Hall–Kier alpha value is -1.85. The van der Waals surface area contributed by atoms with Crippen molar-refractivity contribution in [2.24, 2.45) is 0 Å². The number of rotatable bonds is 8. The number of imidazole rings is 1. The van der Waals surface area contributed by atoms with Crippen molar-refractivity contribution >= 4 is 22.8 Å². The van der Waals surface area contributed by atoms with E-state index in [1.165, 1.54) is 9.13 Å². The fraction of sp³-hybridized carbons (Fsp3) is 0.400. The van der Waals surface area contributed by atoms with Crippen molar-refractivity contribution in [3.63, 3.8) is 0 Å². The number of nitriles is 1. The molecule has 0 aliphatic heterocycles. The van der Waals surface area contributed by atoms with Gasteiger partial charge in [0.25, 0.3) is 5.56 Å². The second-order valence-electron chi connectivity index (χ2n) is 6.68. The van der Waals surface area contributed by atoms with Crippen molar-refractivity contribution in [2.75, 3.05) is 0 Å². The summed E-state index contributed by atoms with van der Waals surface area (Å²) in [6, 6.07) is 9.43. The molecule has 1 aromatic carbocycles. The topological polar surface area (TPSA) is 94.8 Å². The van der Waals surface area contributed by atoms with E-state index in [1.807, 2.05) is 18.2 Å². The number of unbranched alkanes of at least 4 members (excludes halogenated alkanes) is 2. The van der Waals surface area contributed by atoms with Crippen LogP contribution in [0.1, 0.15) is 43.7 Å². The van der Waals surface area contributed by atoms with Crippen LogP contribution in [0, 0.1) is 11.3 Å². The predicted octanol–water partition coefficient (Wildman–Crippen LogP) is -0.133. The fourth-order valence-electron chi connectivity index (χ4n) is 3.25. The maximum atomic E-state index is 12.9. The molecule has 146 valence electrons. The summed E-state index contributed by atoms with van der Waals surface area (Å²) in [4.78, 5) is 33.7. The number of hydrogen-bond acceptors (Lipinski definition) is 4. The van der Waals surface area contributed by atoms with E-state index in [0.29, 0.717) is 24.9 Å². The maximum absolute atomic E-state index is 12.9. The Labute approximate surface area is 195 Å². The summed E-state index contributed by atoms with van der Waals surface area (Å²) < 4.78 is 2.72. The van der Waals surface area contributed by atoms with Crippen LogP contribution < -0.4 is 45.8 Å².